The van der Waals surface area contributed by atoms with Gasteiger partial charge in [0.2, 0.25) is 11.8 Å². The van der Waals surface area contributed by atoms with E-state index < -0.39 is 18.9 Å². The molecule has 11 heteroatoms. The van der Waals surface area contributed by atoms with Crippen molar-refractivity contribution in [3.05, 3.63) is 18.5 Å². The second-order valence-electron chi connectivity index (χ2n) is 5.38. The van der Waals surface area contributed by atoms with Crippen LogP contribution in [-0.4, -0.2) is 52.1 Å². The second kappa shape index (κ2) is 8.01. The van der Waals surface area contributed by atoms with Crippen molar-refractivity contribution in [1.29, 1.82) is 0 Å². The second-order valence-corrected chi connectivity index (χ2v) is 5.38. The van der Waals surface area contributed by atoms with Crippen LogP contribution in [0.2, 0.25) is 0 Å². The zero-order valence-electron chi connectivity index (χ0n) is 13.1. The highest BCUT2D eigenvalue weighted by Crippen LogP contribution is 2.21. The SMILES string of the molecule is FC(F)Oc1cc(Nc2cncc(O[C@@H]3CCCNC[C@@H]3F)n2)n[nH]1. The summed E-state index contributed by atoms with van der Waals surface area (Å²) in [6.07, 6.45) is 2.41. The lowest BCUT2D eigenvalue weighted by molar-refractivity contribution is -0.0528. The predicted molar refractivity (Wildman–Crippen MR) is 82.0 cm³/mol. The van der Waals surface area contributed by atoms with Crippen LogP contribution in [0.5, 0.6) is 11.8 Å². The average Bonchev–Trinajstić information content (AvgIpc) is 2.89. The number of halogens is 3. The fraction of sp³-hybridized carbons (Fsp3) is 0.500. The van der Waals surface area contributed by atoms with Crippen LogP contribution in [0.4, 0.5) is 24.8 Å². The Kier molecular flexibility index (Phi) is 5.53. The molecule has 0 aromatic carbocycles. The summed E-state index contributed by atoms with van der Waals surface area (Å²) in [4.78, 5) is 8.14. The van der Waals surface area contributed by atoms with E-state index in [1.54, 1.807) is 0 Å². The van der Waals surface area contributed by atoms with Gasteiger partial charge in [0.05, 0.1) is 12.4 Å². The lowest BCUT2D eigenvalue weighted by Gasteiger charge is -2.19. The van der Waals surface area contributed by atoms with Gasteiger partial charge in [-0.05, 0) is 19.4 Å². The molecule has 0 unspecified atom stereocenters. The van der Waals surface area contributed by atoms with E-state index in [2.05, 4.69) is 35.5 Å². The fourth-order valence-corrected chi connectivity index (χ4v) is 2.39. The highest BCUT2D eigenvalue weighted by molar-refractivity contribution is 5.51. The Morgan fingerprint density at radius 3 is 3.00 bits per heavy atom. The van der Waals surface area contributed by atoms with Crippen LogP contribution in [-0.2, 0) is 0 Å². The molecule has 0 aliphatic carbocycles. The maximum absolute atomic E-state index is 14.0. The molecule has 3 heterocycles. The summed E-state index contributed by atoms with van der Waals surface area (Å²) in [6.45, 7) is -1.97. The standard InChI is InChI=1S/C14H17F3N6O2/c15-8-5-18-3-1-2-9(8)24-13-7-19-6-11(21-13)20-10-4-12(23-22-10)25-14(16)17/h4,6-9,14,18H,1-3,5H2,(H2,20,21,22,23)/t8-,9+/m0/s1. The molecule has 0 saturated carbocycles. The van der Waals surface area contributed by atoms with Gasteiger partial charge in [0, 0.05) is 12.6 Å². The van der Waals surface area contributed by atoms with E-state index in [-0.39, 0.29) is 29.9 Å². The number of aromatic amines is 1. The Morgan fingerprint density at radius 2 is 2.16 bits per heavy atom. The van der Waals surface area contributed by atoms with Crippen LogP contribution in [0.3, 0.4) is 0 Å². The topological polar surface area (TPSA) is 97.0 Å². The predicted octanol–water partition coefficient (Wildman–Crippen LogP) is 2.01. The molecule has 2 aromatic rings. The van der Waals surface area contributed by atoms with Crippen molar-refractivity contribution in [1.82, 2.24) is 25.5 Å². The summed E-state index contributed by atoms with van der Waals surface area (Å²) >= 11 is 0. The molecular weight excluding hydrogens is 341 g/mol. The van der Waals surface area contributed by atoms with Crippen LogP contribution in [0.15, 0.2) is 18.5 Å². The molecule has 1 fully saturated rings. The molecule has 25 heavy (non-hydrogen) atoms. The van der Waals surface area contributed by atoms with E-state index in [9.17, 15) is 13.2 Å². The minimum atomic E-state index is -2.95. The minimum Gasteiger partial charge on any atom is -0.470 e. The number of rotatable bonds is 6. The lowest BCUT2D eigenvalue weighted by atomic mass is 10.1. The summed E-state index contributed by atoms with van der Waals surface area (Å²) in [6, 6.07) is 1.25. The van der Waals surface area contributed by atoms with Gasteiger partial charge < -0.3 is 20.1 Å². The van der Waals surface area contributed by atoms with Crippen LogP contribution in [0.25, 0.3) is 0 Å². The number of hydrogen-bond donors (Lipinski definition) is 3. The van der Waals surface area contributed by atoms with Crippen molar-refractivity contribution in [2.75, 3.05) is 18.4 Å². The van der Waals surface area contributed by atoms with Gasteiger partial charge in [0.25, 0.3) is 0 Å². The molecule has 1 saturated heterocycles. The first-order valence-corrected chi connectivity index (χ1v) is 7.71. The third-order valence-corrected chi connectivity index (χ3v) is 3.50. The van der Waals surface area contributed by atoms with Gasteiger partial charge >= 0.3 is 6.61 Å². The first kappa shape index (κ1) is 17.3. The molecule has 2 atom stereocenters. The Morgan fingerprint density at radius 1 is 1.28 bits per heavy atom. The summed E-state index contributed by atoms with van der Waals surface area (Å²) < 4.78 is 48.0. The summed E-state index contributed by atoms with van der Waals surface area (Å²) in [5.41, 5.74) is 0. The highest BCUT2D eigenvalue weighted by atomic mass is 19.3. The lowest BCUT2D eigenvalue weighted by Crippen LogP contribution is -2.33. The van der Waals surface area contributed by atoms with E-state index in [4.69, 9.17) is 4.74 Å². The monoisotopic (exact) mass is 358 g/mol. The zero-order valence-corrected chi connectivity index (χ0v) is 13.1. The smallest absolute Gasteiger partial charge is 0.388 e. The first-order valence-electron chi connectivity index (χ1n) is 7.71. The summed E-state index contributed by atoms with van der Waals surface area (Å²) in [7, 11) is 0. The van der Waals surface area contributed by atoms with Crippen LogP contribution >= 0.6 is 0 Å². The van der Waals surface area contributed by atoms with E-state index >= 15 is 0 Å². The van der Waals surface area contributed by atoms with Gasteiger partial charge in [-0.3, -0.25) is 4.98 Å². The molecule has 0 spiro atoms. The van der Waals surface area contributed by atoms with Crippen molar-refractivity contribution < 1.29 is 22.6 Å². The first-order chi connectivity index (χ1) is 12.1. The van der Waals surface area contributed by atoms with Crippen LogP contribution in [0, 0.1) is 0 Å². The van der Waals surface area contributed by atoms with Crippen molar-refractivity contribution in [3.63, 3.8) is 0 Å². The quantitative estimate of drug-likeness (QED) is 0.727. The van der Waals surface area contributed by atoms with E-state index in [0.29, 0.717) is 6.42 Å². The van der Waals surface area contributed by atoms with E-state index in [1.807, 2.05) is 0 Å². The molecule has 1 aliphatic rings. The molecule has 0 amide bonds. The zero-order chi connectivity index (χ0) is 17.6. The maximum atomic E-state index is 14.0. The number of H-pyrrole nitrogens is 1. The van der Waals surface area contributed by atoms with Crippen molar-refractivity contribution in [2.45, 2.75) is 31.7 Å². The van der Waals surface area contributed by atoms with Gasteiger partial charge in [0.1, 0.15) is 12.3 Å². The molecule has 1 aliphatic heterocycles. The number of nitrogens with zero attached hydrogens (tertiary/aromatic N) is 3. The number of ether oxygens (including phenoxy) is 2. The third kappa shape index (κ3) is 4.95. The van der Waals surface area contributed by atoms with Gasteiger partial charge in [-0.15, -0.1) is 0 Å². The molecular formula is C14H17F3N6O2. The molecule has 136 valence electrons. The Balaban J connectivity index is 1.63. The normalized spacial score (nSPS) is 21.0. The van der Waals surface area contributed by atoms with Gasteiger partial charge in [-0.1, -0.05) is 0 Å². The Labute approximate surface area is 141 Å². The number of aromatic nitrogens is 4. The molecule has 8 nitrogen and oxygen atoms in total. The number of anilines is 2. The Hall–Kier alpha value is -2.56. The molecule has 3 rings (SSSR count). The fourth-order valence-electron chi connectivity index (χ4n) is 2.39. The number of nitrogens with one attached hydrogen (secondary N) is 3. The average molecular weight is 358 g/mol. The Bertz CT molecular complexity index is 686. The van der Waals surface area contributed by atoms with Crippen LogP contribution in [0.1, 0.15) is 12.8 Å². The van der Waals surface area contributed by atoms with Gasteiger partial charge in [0.15, 0.2) is 11.6 Å². The third-order valence-electron chi connectivity index (χ3n) is 3.50. The van der Waals surface area contributed by atoms with E-state index in [0.717, 1.165) is 13.0 Å². The van der Waals surface area contributed by atoms with Crippen molar-refractivity contribution in [3.8, 4) is 11.8 Å². The van der Waals surface area contributed by atoms with Crippen molar-refractivity contribution in [2.24, 2.45) is 0 Å². The van der Waals surface area contributed by atoms with Crippen molar-refractivity contribution >= 4 is 11.6 Å². The summed E-state index contributed by atoms with van der Waals surface area (Å²) in [5, 5.41) is 11.8. The molecule has 0 radical (unpaired) electrons. The van der Waals surface area contributed by atoms with E-state index in [1.165, 1.54) is 18.5 Å². The minimum absolute atomic E-state index is 0.166. The molecule has 3 N–H and O–H groups in total. The number of alkyl halides is 3. The van der Waals surface area contributed by atoms with Gasteiger partial charge in [-0.2, -0.15) is 18.9 Å². The van der Waals surface area contributed by atoms with Gasteiger partial charge in [-0.25, -0.2) is 9.49 Å². The number of hydrogen-bond acceptors (Lipinski definition) is 7. The van der Waals surface area contributed by atoms with Crippen LogP contribution < -0.4 is 20.1 Å². The summed E-state index contributed by atoms with van der Waals surface area (Å²) in [5.74, 6) is 0.460. The largest absolute Gasteiger partial charge is 0.470 e. The highest BCUT2D eigenvalue weighted by Gasteiger charge is 2.25. The molecule has 0 bridgehead atoms. The molecule has 2 aromatic heterocycles. The maximum Gasteiger partial charge on any atom is 0.388 e.